The molecule has 0 fully saturated rings. The molecule has 1 aliphatic carbocycles. The van der Waals surface area contributed by atoms with Gasteiger partial charge in [-0.2, -0.15) is 0 Å². The van der Waals surface area contributed by atoms with E-state index in [2.05, 4.69) is 91.0 Å². The van der Waals surface area contributed by atoms with Crippen molar-refractivity contribution in [3.05, 3.63) is 155 Å². The monoisotopic (exact) mass is 480 g/mol. The number of benzene rings is 5. The average Bonchev–Trinajstić information content (AvgIpc) is 3.26. The summed E-state index contributed by atoms with van der Waals surface area (Å²) in [7, 11) is 0. The molecule has 0 aliphatic heterocycles. The first-order valence-electron chi connectivity index (χ1n) is 12.1. The van der Waals surface area contributed by atoms with Gasteiger partial charge in [-0.1, -0.05) is 127 Å². The molecule has 0 amide bonds. The van der Waals surface area contributed by atoms with Crippen LogP contribution in [0.2, 0.25) is 5.02 Å². The van der Waals surface area contributed by atoms with Crippen molar-refractivity contribution in [2.24, 2.45) is 0 Å². The molecule has 7 rings (SSSR count). The van der Waals surface area contributed by atoms with Crippen LogP contribution in [0.5, 0.6) is 0 Å². The van der Waals surface area contributed by atoms with E-state index in [1.807, 2.05) is 36.4 Å². The van der Waals surface area contributed by atoms with E-state index in [-0.39, 0.29) is 0 Å². The summed E-state index contributed by atoms with van der Waals surface area (Å²) in [5, 5.41) is 1.77. The highest BCUT2D eigenvalue weighted by molar-refractivity contribution is 6.34. The summed E-state index contributed by atoms with van der Waals surface area (Å²) in [6, 6.07) is 43.9. The predicted octanol–water partition coefficient (Wildman–Crippen LogP) is 8.31. The fourth-order valence-electron chi connectivity index (χ4n) is 5.71. The van der Waals surface area contributed by atoms with Crippen LogP contribution in [0.1, 0.15) is 22.5 Å². The van der Waals surface area contributed by atoms with Gasteiger partial charge in [-0.15, -0.1) is 0 Å². The summed E-state index contributed by atoms with van der Waals surface area (Å²) in [5.74, 6) is 0.750. The average molecular weight is 481 g/mol. The molecule has 3 heteroatoms. The second kappa shape index (κ2) is 8.15. The Kier molecular flexibility index (Phi) is 4.77. The van der Waals surface area contributed by atoms with Gasteiger partial charge in [0.25, 0.3) is 0 Å². The van der Waals surface area contributed by atoms with E-state index in [4.69, 9.17) is 21.6 Å². The zero-order valence-electron chi connectivity index (χ0n) is 19.4. The lowest BCUT2D eigenvalue weighted by molar-refractivity contribution is 0.704. The van der Waals surface area contributed by atoms with Crippen LogP contribution >= 0.6 is 11.6 Å². The standard InChI is InChI=1S/C33H21ClN2/c34-28-20-11-19-27-30(28)24-16-7-9-18-26(24)33(27,23-14-5-2-6-15-23)32-35-29-21-10-8-17-25(29)31(36-32)22-12-3-1-4-13-22/h1-21H. The number of nitrogens with zero attached hydrogens (tertiary/aromatic N) is 2. The number of fused-ring (bicyclic) bond motifs is 4. The number of hydrogen-bond acceptors (Lipinski definition) is 2. The molecular formula is C33H21ClN2. The molecule has 1 unspecified atom stereocenters. The molecule has 0 bridgehead atoms. The molecule has 6 aromatic rings. The minimum Gasteiger partial charge on any atom is -0.231 e. The zero-order chi connectivity index (χ0) is 24.1. The first-order valence-corrected chi connectivity index (χ1v) is 12.4. The molecule has 0 spiro atoms. The van der Waals surface area contributed by atoms with E-state index >= 15 is 0 Å². The van der Waals surface area contributed by atoms with Gasteiger partial charge in [0.2, 0.25) is 0 Å². The SMILES string of the molecule is Clc1cccc2c1-c1ccccc1C2(c1ccccc1)c1nc(-c2ccccc2)c2ccccc2n1. The van der Waals surface area contributed by atoms with E-state index in [0.717, 1.165) is 60.8 Å². The summed E-state index contributed by atoms with van der Waals surface area (Å²) < 4.78 is 0. The van der Waals surface area contributed by atoms with Gasteiger partial charge in [0.1, 0.15) is 11.2 Å². The Morgan fingerprint density at radius 3 is 2.06 bits per heavy atom. The van der Waals surface area contributed by atoms with Crippen molar-refractivity contribution in [3.8, 4) is 22.4 Å². The fraction of sp³-hybridized carbons (Fsp3) is 0.0303. The second-order valence-corrected chi connectivity index (χ2v) is 9.51. The van der Waals surface area contributed by atoms with Gasteiger partial charge in [-0.25, -0.2) is 9.97 Å². The topological polar surface area (TPSA) is 25.8 Å². The van der Waals surface area contributed by atoms with Gasteiger partial charge in [0.05, 0.1) is 11.2 Å². The van der Waals surface area contributed by atoms with Crippen molar-refractivity contribution in [2.75, 3.05) is 0 Å². The third kappa shape index (κ3) is 2.92. The van der Waals surface area contributed by atoms with Crippen molar-refractivity contribution in [2.45, 2.75) is 5.41 Å². The molecule has 1 atom stereocenters. The lowest BCUT2D eigenvalue weighted by Crippen LogP contribution is -2.31. The third-order valence-electron chi connectivity index (χ3n) is 7.21. The van der Waals surface area contributed by atoms with E-state index in [0.29, 0.717) is 0 Å². The number of aromatic nitrogens is 2. The Morgan fingerprint density at radius 2 is 1.22 bits per heavy atom. The highest BCUT2D eigenvalue weighted by Gasteiger charge is 2.49. The minimum atomic E-state index is -0.703. The molecule has 0 radical (unpaired) electrons. The molecule has 2 nitrogen and oxygen atoms in total. The summed E-state index contributed by atoms with van der Waals surface area (Å²) >= 11 is 6.88. The van der Waals surface area contributed by atoms with Crippen LogP contribution in [-0.2, 0) is 5.41 Å². The Bertz CT molecular complexity index is 1750. The van der Waals surface area contributed by atoms with E-state index in [1.165, 1.54) is 0 Å². The Balaban J connectivity index is 1.67. The molecule has 1 aliphatic rings. The first-order chi connectivity index (χ1) is 17.8. The minimum absolute atomic E-state index is 0.703. The van der Waals surface area contributed by atoms with Crippen LogP contribution in [0, 0.1) is 0 Å². The summed E-state index contributed by atoms with van der Waals surface area (Å²) in [6.45, 7) is 0. The van der Waals surface area contributed by atoms with Crippen LogP contribution in [-0.4, -0.2) is 9.97 Å². The maximum atomic E-state index is 6.88. The Hall–Kier alpha value is -4.27. The molecule has 0 N–H and O–H groups in total. The first kappa shape index (κ1) is 21.0. The largest absolute Gasteiger partial charge is 0.231 e. The van der Waals surface area contributed by atoms with Crippen LogP contribution < -0.4 is 0 Å². The molecule has 5 aromatic carbocycles. The zero-order valence-corrected chi connectivity index (χ0v) is 20.2. The summed E-state index contributed by atoms with van der Waals surface area (Å²) in [6.07, 6.45) is 0. The number of rotatable bonds is 3. The van der Waals surface area contributed by atoms with Crippen molar-refractivity contribution >= 4 is 22.5 Å². The number of halogens is 1. The summed E-state index contributed by atoms with van der Waals surface area (Å²) in [4.78, 5) is 10.6. The lowest BCUT2D eigenvalue weighted by Gasteiger charge is -2.32. The highest BCUT2D eigenvalue weighted by Crippen LogP contribution is 2.57. The van der Waals surface area contributed by atoms with Gasteiger partial charge < -0.3 is 0 Å². The molecule has 1 aromatic heterocycles. The van der Waals surface area contributed by atoms with Crippen LogP contribution in [0.4, 0.5) is 0 Å². The van der Waals surface area contributed by atoms with Crippen LogP contribution in [0.3, 0.4) is 0 Å². The molecule has 170 valence electrons. The molecule has 0 saturated heterocycles. The molecule has 36 heavy (non-hydrogen) atoms. The molecule has 1 heterocycles. The van der Waals surface area contributed by atoms with Crippen molar-refractivity contribution in [1.82, 2.24) is 9.97 Å². The van der Waals surface area contributed by atoms with Gasteiger partial charge in [-0.3, -0.25) is 0 Å². The molecule has 0 saturated carbocycles. The predicted molar refractivity (Wildman–Crippen MR) is 147 cm³/mol. The Labute approximate surface area is 214 Å². The fourth-order valence-corrected chi connectivity index (χ4v) is 5.99. The second-order valence-electron chi connectivity index (χ2n) is 9.10. The summed E-state index contributed by atoms with van der Waals surface area (Å²) in [5.41, 5.74) is 7.77. The van der Waals surface area contributed by atoms with Gasteiger partial charge >= 0.3 is 0 Å². The van der Waals surface area contributed by atoms with Gasteiger partial charge in [-0.05, 0) is 34.4 Å². The maximum absolute atomic E-state index is 6.88. The molecular weight excluding hydrogens is 460 g/mol. The highest BCUT2D eigenvalue weighted by atomic mass is 35.5. The quantitative estimate of drug-likeness (QED) is 0.254. The van der Waals surface area contributed by atoms with Crippen molar-refractivity contribution < 1.29 is 0 Å². The van der Waals surface area contributed by atoms with Gasteiger partial charge in [0, 0.05) is 21.5 Å². The third-order valence-corrected chi connectivity index (χ3v) is 7.53. The lowest BCUT2D eigenvalue weighted by atomic mass is 9.71. The number of para-hydroxylation sites is 1. The van der Waals surface area contributed by atoms with E-state index < -0.39 is 5.41 Å². The van der Waals surface area contributed by atoms with E-state index in [1.54, 1.807) is 0 Å². The van der Waals surface area contributed by atoms with Crippen molar-refractivity contribution in [3.63, 3.8) is 0 Å². The maximum Gasteiger partial charge on any atom is 0.149 e. The van der Waals surface area contributed by atoms with Gasteiger partial charge in [0.15, 0.2) is 0 Å². The normalized spacial score (nSPS) is 16.0. The van der Waals surface area contributed by atoms with Crippen LogP contribution in [0.25, 0.3) is 33.3 Å². The van der Waals surface area contributed by atoms with E-state index in [9.17, 15) is 0 Å². The van der Waals surface area contributed by atoms with Crippen LogP contribution in [0.15, 0.2) is 127 Å². The van der Waals surface area contributed by atoms with Crippen molar-refractivity contribution in [1.29, 1.82) is 0 Å². The number of hydrogen-bond donors (Lipinski definition) is 0. The Morgan fingerprint density at radius 1 is 0.556 bits per heavy atom. The smallest absolute Gasteiger partial charge is 0.149 e.